The summed E-state index contributed by atoms with van der Waals surface area (Å²) in [5, 5.41) is 0.703. The van der Waals surface area contributed by atoms with Crippen molar-refractivity contribution in [3.63, 3.8) is 0 Å². The lowest BCUT2D eigenvalue weighted by atomic mass is 9.92. The Labute approximate surface area is 140 Å². The number of halogens is 2. The fourth-order valence-corrected chi connectivity index (χ4v) is 3.37. The lowest BCUT2D eigenvalue weighted by Crippen LogP contribution is -2.44. The Hall–Kier alpha value is -1.26. The smallest absolute Gasteiger partial charge is 0.338 e. The molecule has 1 fully saturated rings. The zero-order valence-corrected chi connectivity index (χ0v) is 14.2. The predicted molar refractivity (Wildman–Crippen MR) is 86.3 cm³/mol. The molecule has 4 nitrogen and oxygen atoms in total. The second kappa shape index (κ2) is 7.34. The summed E-state index contributed by atoms with van der Waals surface area (Å²) in [4.78, 5) is 25.9. The molecule has 0 saturated carbocycles. The van der Waals surface area contributed by atoms with E-state index in [4.69, 9.17) is 27.9 Å². The Morgan fingerprint density at radius 1 is 1.14 bits per heavy atom. The van der Waals surface area contributed by atoms with Gasteiger partial charge in [0.05, 0.1) is 5.56 Å². The van der Waals surface area contributed by atoms with Gasteiger partial charge in [-0.25, -0.2) is 4.79 Å². The number of hydrogen-bond acceptors (Lipinski definition) is 3. The first kappa shape index (κ1) is 17.1. The molecule has 0 spiro atoms. The Morgan fingerprint density at radius 3 is 2.23 bits per heavy atom. The number of ether oxygens (including phenoxy) is 1. The summed E-state index contributed by atoms with van der Waals surface area (Å²) in [5.74, 6) is 0.168. The molecule has 1 aliphatic heterocycles. The van der Waals surface area contributed by atoms with Crippen LogP contribution in [0.25, 0.3) is 0 Å². The summed E-state index contributed by atoms with van der Waals surface area (Å²) in [7, 11) is 0. The molecule has 0 radical (unpaired) electrons. The van der Waals surface area contributed by atoms with Gasteiger partial charge in [-0.1, -0.05) is 37.0 Å². The van der Waals surface area contributed by atoms with Crippen molar-refractivity contribution in [2.45, 2.75) is 20.3 Å². The molecule has 120 valence electrons. The number of likely N-dealkylation sites (tertiary alicyclic amines) is 1. The summed E-state index contributed by atoms with van der Waals surface area (Å²) < 4.78 is 5.08. The van der Waals surface area contributed by atoms with E-state index in [1.165, 1.54) is 18.2 Å². The van der Waals surface area contributed by atoms with Crippen molar-refractivity contribution in [1.82, 2.24) is 4.90 Å². The van der Waals surface area contributed by atoms with Crippen molar-refractivity contribution in [3.05, 3.63) is 33.8 Å². The SMILES string of the molecule is C[C@H]1C[C@H](C)CN(C(=O)COC(=O)c2cc(Cl)cc(Cl)c2)C1. The van der Waals surface area contributed by atoms with Crippen LogP contribution in [0, 0.1) is 11.8 Å². The van der Waals surface area contributed by atoms with E-state index >= 15 is 0 Å². The van der Waals surface area contributed by atoms with Gasteiger partial charge < -0.3 is 9.64 Å². The highest BCUT2D eigenvalue weighted by molar-refractivity contribution is 6.35. The predicted octanol–water partition coefficient (Wildman–Crippen LogP) is 3.65. The van der Waals surface area contributed by atoms with Crippen molar-refractivity contribution in [1.29, 1.82) is 0 Å². The molecule has 0 unspecified atom stereocenters. The van der Waals surface area contributed by atoms with E-state index in [0.29, 0.717) is 35.0 Å². The van der Waals surface area contributed by atoms with Gasteiger partial charge in [0.15, 0.2) is 6.61 Å². The Bertz CT molecular complexity index is 546. The molecule has 1 aromatic carbocycles. The minimum Gasteiger partial charge on any atom is -0.452 e. The normalized spacial score (nSPS) is 21.5. The van der Waals surface area contributed by atoms with E-state index in [0.717, 1.165) is 6.42 Å². The van der Waals surface area contributed by atoms with Gasteiger partial charge in [0.2, 0.25) is 0 Å². The highest BCUT2D eigenvalue weighted by Crippen LogP contribution is 2.22. The molecule has 6 heteroatoms. The first-order valence-electron chi connectivity index (χ1n) is 7.26. The Balaban J connectivity index is 1.91. The highest BCUT2D eigenvalue weighted by Gasteiger charge is 2.26. The fourth-order valence-electron chi connectivity index (χ4n) is 2.84. The van der Waals surface area contributed by atoms with Crippen molar-refractivity contribution >= 4 is 35.1 Å². The zero-order valence-electron chi connectivity index (χ0n) is 12.6. The number of hydrogen-bond donors (Lipinski definition) is 0. The van der Waals surface area contributed by atoms with Crippen LogP contribution in [-0.4, -0.2) is 36.5 Å². The standard InChI is InChI=1S/C16H19Cl2NO3/c1-10-3-11(2)8-19(7-10)15(20)9-22-16(21)12-4-13(17)6-14(18)5-12/h4-6,10-11H,3,7-9H2,1-2H3/t10-,11-/m0/s1. The summed E-state index contributed by atoms with van der Waals surface area (Å²) in [6.07, 6.45) is 1.12. The van der Waals surface area contributed by atoms with Crippen LogP contribution < -0.4 is 0 Å². The van der Waals surface area contributed by atoms with Crippen molar-refractivity contribution in [2.75, 3.05) is 19.7 Å². The monoisotopic (exact) mass is 343 g/mol. The first-order chi connectivity index (χ1) is 10.3. The van der Waals surface area contributed by atoms with Crippen LogP contribution in [0.3, 0.4) is 0 Å². The lowest BCUT2D eigenvalue weighted by Gasteiger charge is -2.34. The van der Waals surface area contributed by atoms with Crippen LogP contribution in [0.2, 0.25) is 10.0 Å². The quantitative estimate of drug-likeness (QED) is 0.787. The lowest BCUT2D eigenvalue weighted by molar-refractivity contribution is -0.137. The topological polar surface area (TPSA) is 46.6 Å². The molecule has 2 atom stereocenters. The second-order valence-electron chi connectivity index (χ2n) is 5.98. The minimum absolute atomic E-state index is 0.167. The Morgan fingerprint density at radius 2 is 1.68 bits per heavy atom. The minimum atomic E-state index is -0.601. The third kappa shape index (κ3) is 4.62. The van der Waals surface area contributed by atoms with Crippen LogP contribution in [0.4, 0.5) is 0 Å². The maximum atomic E-state index is 12.2. The van der Waals surface area contributed by atoms with Gasteiger partial charge in [0.1, 0.15) is 0 Å². The number of piperidine rings is 1. The number of benzene rings is 1. The molecule has 2 rings (SSSR count). The van der Waals surface area contributed by atoms with Crippen LogP contribution in [0.1, 0.15) is 30.6 Å². The summed E-state index contributed by atoms with van der Waals surface area (Å²) >= 11 is 11.7. The highest BCUT2D eigenvalue weighted by atomic mass is 35.5. The molecule has 1 saturated heterocycles. The molecule has 1 heterocycles. The van der Waals surface area contributed by atoms with Crippen LogP contribution in [0.15, 0.2) is 18.2 Å². The van der Waals surface area contributed by atoms with Crippen LogP contribution >= 0.6 is 23.2 Å². The molecule has 0 aromatic heterocycles. The number of rotatable bonds is 3. The van der Waals surface area contributed by atoms with Gasteiger partial charge in [-0.3, -0.25) is 4.79 Å². The van der Waals surface area contributed by atoms with Crippen LogP contribution in [-0.2, 0) is 9.53 Å². The molecule has 1 aliphatic rings. The Kier molecular flexibility index (Phi) is 5.70. The maximum Gasteiger partial charge on any atom is 0.338 e. The number of esters is 1. The molecular weight excluding hydrogens is 325 g/mol. The number of carbonyl (C=O) groups excluding carboxylic acids is 2. The van der Waals surface area contributed by atoms with E-state index in [2.05, 4.69) is 13.8 Å². The summed E-state index contributed by atoms with van der Waals surface area (Å²) in [5.41, 5.74) is 0.241. The van der Waals surface area contributed by atoms with E-state index < -0.39 is 5.97 Å². The van der Waals surface area contributed by atoms with E-state index in [9.17, 15) is 9.59 Å². The van der Waals surface area contributed by atoms with Gasteiger partial charge in [-0.05, 0) is 36.5 Å². The van der Waals surface area contributed by atoms with Gasteiger partial charge in [0.25, 0.3) is 5.91 Å². The van der Waals surface area contributed by atoms with Crippen molar-refractivity contribution in [2.24, 2.45) is 11.8 Å². The largest absolute Gasteiger partial charge is 0.452 e. The van der Waals surface area contributed by atoms with Gasteiger partial charge >= 0.3 is 5.97 Å². The maximum absolute atomic E-state index is 12.2. The van der Waals surface area contributed by atoms with Crippen molar-refractivity contribution < 1.29 is 14.3 Å². The summed E-state index contributed by atoms with van der Waals surface area (Å²) in [6.45, 7) is 5.40. The number of nitrogens with zero attached hydrogens (tertiary/aromatic N) is 1. The molecular formula is C16H19Cl2NO3. The van der Waals surface area contributed by atoms with Gasteiger partial charge in [0, 0.05) is 23.1 Å². The molecule has 1 amide bonds. The van der Waals surface area contributed by atoms with Gasteiger partial charge in [-0.15, -0.1) is 0 Å². The third-order valence-corrected chi connectivity index (χ3v) is 4.08. The first-order valence-corrected chi connectivity index (χ1v) is 8.01. The summed E-state index contributed by atoms with van der Waals surface area (Å²) in [6, 6.07) is 4.46. The molecule has 0 bridgehead atoms. The molecule has 0 aliphatic carbocycles. The third-order valence-electron chi connectivity index (χ3n) is 3.65. The van der Waals surface area contributed by atoms with Crippen molar-refractivity contribution in [3.8, 4) is 0 Å². The molecule has 22 heavy (non-hydrogen) atoms. The number of amides is 1. The molecule has 1 aromatic rings. The van der Waals surface area contributed by atoms with Crippen LogP contribution in [0.5, 0.6) is 0 Å². The van der Waals surface area contributed by atoms with E-state index in [-0.39, 0.29) is 18.1 Å². The van der Waals surface area contributed by atoms with E-state index in [1.54, 1.807) is 4.90 Å². The zero-order chi connectivity index (χ0) is 16.3. The molecule has 0 N–H and O–H groups in total. The van der Waals surface area contributed by atoms with Gasteiger partial charge in [-0.2, -0.15) is 0 Å². The average Bonchev–Trinajstić information content (AvgIpc) is 2.42. The van der Waals surface area contributed by atoms with E-state index in [1.807, 2.05) is 0 Å². The fraction of sp³-hybridized carbons (Fsp3) is 0.500. The second-order valence-corrected chi connectivity index (χ2v) is 6.85. The average molecular weight is 344 g/mol. The number of carbonyl (C=O) groups is 2.